The van der Waals surface area contributed by atoms with Gasteiger partial charge in [-0.2, -0.15) is 0 Å². The zero-order chi connectivity index (χ0) is 21.9. The van der Waals surface area contributed by atoms with Crippen molar-refractivity contribution in [1.82, 2.24) is 10.2 Å². The first-order valence-corrected chi connectivity index (χ1v) is 10.3. The number of ether oxygens (including phenoxy) is 2. The van der Waals surface area contributed by atoms with Crippen LogP contribution in [0.15, 0.2) is 48.5 Å². The highest BCUT2D eigenvalue weighted by Gasteiger charge is 2.28. The smallest absolute Gasteiger partial charge is 0.242 e. The van der Waals surface area contributed by atoms with Crippen molar-refractivity contribution in [2.45, 2.75) is 45.7 Å². The number of nitrogens with zero attached hydrogens (tertiary/aromatic N) is 1. The molecule has 0 heterocycles. The first kappa shape index (κ1) is 23.3. The lowest BCUT2D eigenvalue weighted by Crippen LogP contribution is -2.49. The van der Waals surface area contributed by atoms with Crippen molar-refractivity contribution in [3.8, 4) is 11.5 Å². The Labute approximate surface area is 179 Å². The van der Waals surface area contributed by atoms with Crippen LogP contribution >= 0.6 is 0 Å². The fourth-order valence-corrected chi connectivity index (χ4v) is 3.23. The molecule has 0 spiro atoms. The second kappa shape index (κ2) is 11.9. The minimum Gasteiger partial charge on any atom is -0.497 e. The molecule has 0 bridgehead atoms. The topological polar surface area (TPSA) is 67.9 Å². The highest BCUT2D eigenvalue weighted by atomic mass is 16.5. The largest absolute Gasteiger partial charge is 0.497 e. The number of hydrogen-bond donors (Lipinski definition) is 1. The number of hydrogen-bond acceptors (Lipinski definition) is 4. The lowest BCUT2D eigenvalue weighted by molar-refractivity contribution is -0.140. The van der Waals surface area contributed by atoms with Gasteiger partial charge >= 0.3 is 0 Å². The normalized spacial score (nSPS) is 11.5. The highest BCUT2D eigenvalue weighted by Crippen LogP contribution is 2.18. The Morgan fingerprint density at radius 2 is 1.43 bits per heavy atom. The van der Waals surface area contributed by atoms with Gasteiger partial charge in [-0.15, -0.1) is 0 Å². The van der Waals surface area contributed by atoms with Gasteiger partial charge in [-0.1, -0.05) is 38.1 Å². The summed E-state index contributed by atoms with van der Waals surface area (Å²) >= 11 is 0. The lowest BCUT2D eigenvalue weighted by Gasteiger charge is -2.31. The summed E-state index contributed by atoms with van der Waals surface area (Å²) in [7, 11) is 3.22. The van der Waals surface area contributed by atoms with Gasteiger partial charge in [0.1, 0.15) is 17.5 Å². The van der Waals surface area contributed by atoms with Gasteiger partial charge < -0.3 is 19.7 Å². The molecule has 2 aromatic carbocycles. The van der Waals surface area contributed by atoms with Crippen molar-refractivity contribution in [2.75, 3.05) is 20.8 Å². The van der Waals surface area contributed by atoms with Gasteiger partial charge in [-0.3, -0.25) is 9.59 Å². The molecule has 0 radical (unpaired) electrons. The number of carbonyl (C=O) groups excluding carboxylic acids is 2. The molecule has 0 aliphatic heterocycles. The van der Waals surface area contributed by atoms with E-state index in [2.05, 4.69) is 5.32 Å². The van der Waals surface area contributed by atoms with Crippen LogP contribution in [0.4, 0.5) is 0 Å². The van der Waals surface area contributed by atoms with Crippen molar-refractivity contribution in [1.29, 1.82) is 0 Å². The van der Waals surface area contributed by atoms with E-state index in [9.17, 15) is 9.59 Å². The third-order valence-electron chi connectivity index (χ3n) is 4.96. The Hall–Kier alpha value is -3.02. The van der Waals surface area contributed by atoms with E-state index in [-0.39, 0.29) is 18.2 Å². The zero-order valence-electron chi connectivity index (χ0n) is 18.3. The molecule has 2 aromatic rings. The van der Waals surface area contributed by atoms with E-state index in [0.717, 1.165) is 29.0 Å². The van der Waals surface area contributed by atoms with Gasteiger partial charge in [0, 0.05) is 13.1 Å². The molecule has 0 aromatic heterocycles. The quantitative estimate of drug-likeness (QED) is 0.613. The maximum Gasteiger partial charge on any atom is 0.242 e. The molecular weight excluding hydrogens is 380 g/mol. The van der Waals surface area contributed by atoms with Gasteiger partial charge in [-0.25, -0.2) is 0 Å². The molecule has 0 fully saturated rings. The SMILES string of the molecule is CCCNC(=O)[C@@H](CC)N(Cc1ccc(OC)cc1)C(=O)Cc1ccc(OC)cc1. The lowest BCUT2D eigenvalue weighted by atomic mass is 10.1. The van der Waals surface area contributed by atoms with Crippen LogP contribution in [0.2, 0.25) is 0 Å². The fourth-order valence-electron chi connectivity index (χ4n) is 3.23. The van der Waals surface area contributed by atoms with Gasteiger partial charge in [0.15, 0.2) is 0 Å². The standard InChI is InChI=1S/C24H32N2O4/c1-5-15-25-24(28)22(6-2)26(17-19-9-13-21(30-4)14-10-19)23(27)16-18-7-11-20(29-3)12-8-18/h7-14,22H,5-6,15-17H2,1-4H3,(H,25,28)/t22-/m1/s1. The van der Waals surface area contributed by atoms with Gasteiger partial charge in [0.25, 0.3) is 0 Å². The summed E-state index contributed by atoms with van der Waals surface area (Å²) < 4.78 is 10.4. The number of carbonyl (C=O) groups is 2. The average molecular weight is 413 g/mol. The Kier molecular flexibility index (Phi) is 9.19. The van der Waals surface area contributed by atoms with E-state index >= 15 is 0 Å². The van der Waals surface area contributed by atoms with Gasteiger partial charge in [0.05, 0.1) is 20.6 Å². The summed E-state index contributed by atoms with van der Waals surface area (Å²) in [5.41, 5.74) is 1.82. The van der Waals surface area contributed by atoms with Crippen LogP contribution in [0.5, 0.6) is 11.5 Å². The Bertz CT molecular complexity index is 803. The summed E-state index contributed by atoms with van der Waals surface area (Å²) in [6.45, 7) is 4.89. The second-order valence-corrected chi connectivity index (χ2v) is 7.11. The Balaban J connectivity index is 2.24. The molecule has 0 unspecified atom stereocenters. The fraction of sp³-hybridized carbons (Fsp3) is 0.417. The number of benzene rings is 2. The Morgan fingerprint density at radius 3 is 1.90 bits per heavy atom. The molecule has 0 saturated carbocycles. The van der Waals surface area contributed by atoms with Crippen LogP contribution in [-0.2, 0) is 22.6 Å². The third kappa shape index (κ3) is 6.51. The number of nitrogens with one attached hydrogen (secondary N) is 1. The Morgan fingerprint density at radius 1 is 0.900 bits per heavy atom. The van der Waals surface area contributed by atoms with Crippen LogP contribution in [-0.4, -0.2) is 43.5 Å². The van der Waals surface area contributed by atoms with Gasteiger partial charge in [0.2, 0.25) is 11.8 Å². The molecule has 162 valence electrons. The molecule has 2 amide bonds. The summed E-state index contributed by atoms with van der Waals surface area (Å²) in [4.78, 5) is 27.7. The van der Waals surface area contributed by atoms with Crippen molar-refractivity contribution >= 4 is 11.8 Å². The van der Waals surface area contributed by atoms with E-state index in [4.69, 9.17) is 9.47 Å². The molecule has 1 atom stereocenters. The molecule has 2 rings (SSSR count). The molecule has 6 heteroatoms. The minimum atomic E-state index is -0.524. The number of methoxy groups -OCH3 is 2. The predicted octanol–water partition coefficient (Wildman–Crippen LogP) is 3.58. The van der Waals surface area contributed by atoms with E-state index in [1.165, 1.54) is 0 Å². The van der Waals surface area contributed by atoms with E-state index in [1.54, 1.807) is 19.1 Å². The first-order chi connectivity index (χ1) is 14.5. The van der Waals surface area contributed by atoms with Crippen LogP contribution < -0.4 is 14.8 Å². The van der Waals surface area contributed by atoms with Crippen LogP contribution in [0.3, 0.4) is 0 Å². The summed E-state index contributed by atoms with van der Waals surface area (Å²) in [6, 6.07) is 14.5. The van der Waals surface area contributed by atoms with E-state index in [1.807, 2.05) is 62.4 Å². The monoisotopic (exact) mass is 412 g/mol. The van der Waals surface area contributed by atoms with E-state index < -0.39 is 6.04 Å². The number of amides is 2. The summed E-state index contributed by atoms with van der Waals surface area (Å²) in [6.07, 6.45) is 1.61. The van der Waals surface area contributed by atoms with Crippen LogP contribution in [0.25, 0.3) is 0 Å². The molecule has 6 nitrogen and oxygen atoms in total. The van der Waals surface area contributed by atoms with Crippen molar-refractivity contribution in [2.24, 2.45) is 0 Å². The average Bonchev–Trinajstić information content (AvgIpc) is 2.78. The predicted molar refractivity (Wildman–Crippen MR) is 118 cm³/mol. The molecule has 0 saturated heterocycles. The molecule has 30 heavy (non-hydrogen) atoms. The molecule has 1 N–H and O–H groups in total. The zero-order valence-corrected chi connectivity index (χ0v) is 18.3. The maximum atomic E-state index is 13.3. The third-order valence-corrected chi connectivity index (χ3v) is 4.96. The van der Waals surface area contributed by atoms with Crippen molar-refractivity contribution in [3.63, 3.8) is 0 Å². The van der Waals surface area contributed by atoms with Crippen LogP contribution in [0.1, 0.15) is 37.8 Å². The molecular formula is C24H32N2O4. The van der Waals surface area contributed by atoms with Crippen molar-refractivity contribution < 1.29 is 19.1 Å². The maximum absolute atomic E-state index is 13.3. The second-order valence-electron chi connectivity index (χ2n) is 7.11. The summed E-state index contributed by atoms with van der Waals surface area (Å²) in [5, 5.41) is 2.93. The number of rotatable bonds is 11. The molecule has 0 aliphatic carbocycles. The summed E-state index contributed by atoms with van der Waals surface area (Å²) in [5.74, 6) is 1.29. The van der Waals surface area contributed by atoms with E-state index in [0.29, 0.717) is 19.5 Å². The minimum absolute atomic E-state index is 0.0884. The highest BCUT2D eigenvalue weighted by molar-refractivity contribution is 5.88. The van der Waals surface area contributed by atoms with Crippen LogP contribution in [0, 0.1) is 0 Å². The van der Waals surface area contributed by atoms with Gasteiger partial charge in [-0.05, 0) is 48.2 Å². The van der Waals surface area contributed by atoms with Crippen molar-refractivity contribution in [3.05, 3.63) is 59.7 Å². The molecule has 0 aliphatic rings. The first-order valence-electron chi connectivity index (χ1n) is 10.3.